The monoisotopic (exact) mass is 695 g/mol. The smallest absolute Gasteiger partial charge is 0.345 e. The first-order valence-corrected chi connectivity index (χ1v) is 20.9. The lowest BCUT2D eigenvalue weighted by Crippen LogP contribution is -2.26. The van der Waals surface area contributed by atoms with E-state index in [1.807, 2.05) is 12.2 Å². The second kappa shape index (κ2) is 40.8. The van der Waals surface area contributed by atoms with E-state index in [1.54, 1.807) is 0 Å². The highest BCUT2D eigenvalue weighted by atomic mass is 16.6. The van der Waals surface area contributed by atoms with Crippen molar-refractivity contribution in [3.63, 3.8) is 0 Å². The maximum absolute atomic E-state index is 12.2. The van der Waals surface area contributed by atoms with Crippen molar-refractivity contribution in [2.24, 2.45) is 0 Å². The van der Waals surface area contributed by atoms with E-state index < -0.39 is 18.0 Å². The van der Waals surface area contributed by atoms with Crippen molar-refractivity contribution >= 4 is 11.9 Å². The molecule has 0 fully saturated rings. The summed E-state index contributed by atoms with van der Waals surface area (Å²) < 4.78 is 5.29. The number of hydrogen-bond acceptors (Lipinski definition) is 3. The number of aliphatic carboxylic acids is 1. The number of ether oxygens (including phenoxy) is 1. The first kappa shape index (κ1) is 47.4. The van der Waals surface area contributed by atoms with Crippen LogP contribution in [-0.2, 0) is 14.3 Å². The van der Waals surface area contributed by atoms with Gasteiger partial charge in [0.1, 0.15) is 0 Å². The van der Waals surface area contributed by atoms with Gasteiger partial charge < -0.3 is 9.84 Å². The number of carboxylic acids is 1. The van der Waals surface area contributed by atoms with Gasteiger partial charge in [-0.1, -0.05) is 209 Å². The summed E-state index contributed by atoms with van der Waals surface area (Å²) in [5.74, 6) is -1.46. The molecular weight excluding hydrogens is 617 g/mol. The number of esters is 1. The summed E-state index contributed by atoms with van der Waals surface area (Å²) in [4.78, 5) is 23.8. The topological polar surface area (TPSA) is 63.6 Å². The van der Waals surface area contributed by atoms with Crippen LogP contribution in [0, 0.1) is 0 Å². The van der Waals surface area contributed by atoms with Gasteiger partial charge in [0.2, 0.25) is 0 Å². The molecule has 1 atom stereocenters. The van der Waals surface area contributed by atoms with Crippen LogP contribution < -0.4 is 0 Å². The van der Waals surface area contributed by atoms with Crippen molar-refractivity contribution in [2.75, 3.05) is 0 Å². The minimum Gasteiger partial charge on any atom is -0.479 e. The van der Waals surface area contributed by atoms with Gasteiger partial charge in [0.05, 0.1) is 0 Å². The molecule has 0 radical (unpaired) electrons. The zero-order valence-corrected chi connectivity index (χ0v) is 32.7. The predicted molar refractivity (Wildman–Crippen MR) is 218 cm³/mol. The van der Waals surface area contributed by atoms with Crippen LogP contribution in [0.15, 0.2) is 72.9 Å². The van der Waals surface area contributed by atoms with E-state index in [2.05, 4.69) is 74.6 Å². The summed E-state index contributed by atoms with van der Waals surface area (Å²) >= 11 is 0. The minimum absolute atomic E-state index is 0.213. The van der Waals surface area contributed by atoms with Crippen LogP contribution in [0.25, 0.3) is 0 Å². The minimum atomic E-state index is -1.04. The molecule has 4 heteroatoms. The third kappa shape index (κ3) is 38.2. The number of allylic oxidation sites excluding steroid dienone is 12. The number of carbonyl (C=O) groups is 2. The molecule has 4 nitrogen and oxygen atoms in total. The Morgan fingerprint density at radius 1 is 0.460 bits per heavy atom. The molecule has 1 unspecified atom stereocenters. The third-order valence-corrected chi connectivity index (χ3v) is 8.98. The Morgan fingerprint density at radius 2 is 0.780 bits per heavy atom. The summed E-state index contributed by atoms with van der Waals surface area (Å²) in [6.07, 6.45) is 58.1. The average Bonchev–Trinajstić information content (AvgIpc) is 3.11. The van der Waals surface area contributed by atoms with Crippen molar-refractivity contribution in [3.05, 3.63) is 72.9 Å². The molecule has 0 aliphatic carbocycles. The van der Waals surface area contributed by atoms with Crippen molar-refractivity contribution < 1.29 is 19.4 Å². The van der Waals surface area contributed by atoms with Gasteiger partial charge in [0.25, 0.3) is 0 Å². The van der Waals surface area contributed by atoms with Crippen LogP contribution in [-0.4, -0.2) is 23.1 Å². The predicted octanol–water partition coefficient (Wildman–Crippen LogP) is 14.7. The maximum atomic E-state index is 12.2. The van der Waals surface area contributed by atoms with Crippen LogP contribution in [0.2, 0.25) is 0 Å². The first-order chi connectivity index (χ1) is 24.6. The second-order valence-corrected chi connectivity index (χ2v) is 13.8. The maximum Gasteiger partial charge on any atom is 0.345 e. The van der Waals surface area contributed by atoms with Gasteiger partial charge in [0, 0.05) is 6.42 Å². The summed E-state index contributed by atoms with van der Waals surface area (Å²) in [5, 5.41) is 9.50. The van der Waals surface area contributed by atoms with Crippen LogP contribution >= 0.6 is 0 Å². The van der Waals surface area contributed by atoms with Crippen LogP contribution in [0.5, 0.6) is 0 Å². The van der Waals surface area contributed by atoms with E-state index in [0.717, 1.165) is 57.8 Å². The standard InChI is InChI=1S/C46H78O4/c1-3-5-7-9-11-13-15-17-19-21-23-25-26-28-30-32-34-36-38-40-42-44(46(48)49)50-45(47)43-41-39-37-35-33-31-29-27-24-22-20-18-16-14-12-10-8-6-4-2/h6,8,12,14,18,20,24,27,31,33,37,39,44H,3-5,7,9-11,13,15-17,19,21-23,25-26,28-30,32,34-36,38,40-43H2,1-2H3,(H,48,49)/b8-6-,14-12-,20-18-,27-24-,33-31-,39-37-. The molecule has 0 aliphatic rings. The number of rotatable bonds is 37. The molecule has 286 valence electrons. The van der Waals surface area contributed by atoms with Gasteiger partial charge in [-0.25, -0.2) is 4.79 Å². The molecule has 0 bridgehead atoms. The van der Waals surface area contributed by atoms with Crippen molar-refractivity contribution in [1.29, 1.82) is 0 Å². The van der Waals surface area contributed by atoms with E-state index in [0.29, 0.717) is 12.8 Å². The molecule has 0 aromatic heterocycles. The molecule has 0 rings (SSSR count). The number of carboxylic acid groups (broad SMARTS) is 1. The molecule has 0 saturated carbocycles. The van der Waals surface area contributed by atoms with E-state index in [-0.39, 0.29) is 6.42 Å². The molecule has 1 N–H and O–H groups in total. The highest BCUT2D eigenvalue weighted by molar-refractivity contribution is 5.78. The van der Waals surface area contributed by atoms with Crippen molar-refractivity contribution in [2.45, 2.75) is 206 Å². The van der Waals surface area contributed by atoms with Crippen molar-refractivity contribution in [3.8, 4) is 0 Å². The van der Waals surface area contributed by atoms with Gasteiger partial charge in [-0.2, -0.15) is 0 Å². The van der Waals surface area contributed by atoms with Gasteiger partial charge in [-0.05, 0) is 57.8 Å². The Bertz CT molecular complexity index is 922. The van der Waals surface area contributed by atoms with Crippen LogP contribution in [0.3, 0.4) is 0 Å². The molecule has 0 saturated heterocycles. The van der Waals surface area contributed by atoms with Gasteiger partial charge in [-0.15, -0.1) is 0 Å². The Balaban J connectivity index is 3.67. The Labute approximate surface area is 309 Å². The van der Waals surface area contributed by atoms with E-state index >= 15 is 0 Å². The first-order valence-electron chi connectivity index (χ1n) is 20.9. The molecular formula is C46H78O4. The average molecular weight is 695 g/mol. The molecule has 0 aliphatic heterocycles. The van der Waals surface area contributed by atoms with E-state index in [1.165, 1.54) is 109 Å². The summed E-state index contributed by atoms with van der Waals surface area (Å²) in [6.45, 7) is 4.43. The molecule has 0 amide bonds. The lowest BCUT2D eigenvalue weighted by molar-refractivity contribution is -0.164. The summed E-state index contributed by atoms with van der Waals surface area (Å²) in [6, 6.07) is 0. The fraction of sp³-hybridized carbons (Fsp3) is 0.696. The molecule has 0 heterocycles. The van der Waals surface area contributed by atoms with E-state index in [4.69, 9.17) is 4.74 Å². The van der Waals surface area contributed by atoms with Crippen molar-refractivity contribution in [1.82, 2.24) is 0 Å². The summed E-state index contributed by atoms with van der Waals surface area (Å²) in [5.41, 5.74) is 0. The molecule has 50 heavy (non-hydrogen) atoms. The van der Waals surface area contributed by atoms with Gasteiger partial charge >= 0.3 is 11.9 Å². The second-order valence-electron chi connectivity index (χ2n) is 13.8. The zero-order chi connectivity index (χ0) is 36.4. The quantitative estimate of drug-likeness (QED) is 0.0399. The Morgan fingerprint density at radius 3 is 1.12 bits per heavy atom. The highest BCUT2D eigenvalue weighted by Crippen LogP contribution is 2.16. The van der Waals surface area contributed by atoms with Crippen LogP contribution in [0.1, 0.15) is 200 Å². The number of carbonyl (C=O) groups excluding carboxylic acids is 1. The normalized spacial score (nSPS) is 13.0. The third-order valence-electron chi connectivity index (χ3n) is 8.98. The Kier molecular flexibility index (Phi) is 38.7. The zero-order valence-electron chi connectivity index (χ0n) is 32.7. The lowest BCUT2D eigenvalue weighted by Gasteiger charge is -2.13. The number of hydrogen-bond donors (Lipinski definition) is 1. The van der Waals surface area contributed by atoms with Gasteiger partial charge in [0.15, 0.2) is 6.10 Å². The fourth-order valence-corrected chi connectivity index (χ4v) is 5.88. The molecule has 0 spiro atoms. The summed E-state index contributed by atoms with van der Waals surface area (Å²) in [7, 11) is 0. The largest absolute Gasteiger partial charge is 0.479 e. The number of unbranched alkanes of at least 4 members (excludes halogenated alkanes) is 19. The molecule has 0 aromatic rings. The van der Waals surface area contributed by atoms with E-state index in [9.17, 15) is 14.7 Å². The lowest BCUT2D eigenvalue weighted by atomic mass is 10.0. The van der Waals surface area contributed by atoms with Crippen LogP contribution in [0.4, 0.5) is 0 Å². The SMILES string of the molecule is CC/C=C\C/C=C\C/C=C\C/C=C\C/C=C\C/C=C\CCC(=O)OC(CCCCCCCCCCCCCCCCCCCCCC)C(=O)O. The fourth-order valence-electron chi connectivity index (χ4n) is 5.88. The Hall–Kier alpha value is -2.62. The van der Waals surface area contributed by atoms with Gasteiger partial charge in [-0.3, -0.25) is 4.79 Å². The molecule has 0 aromatic carbocycles. The highest BCUT2D eigenvalue weighted by Gasteiger charge is 2.21.